The molecule has 1 aromatic rings. The van der Waals surface area contributed by atoms with Crippen LogP contribution in [0.25, 0.3) is 0 Å². The molecule has 21 heavy (non-hydrogen) atoms. The van der Waals surface area contributed by atoms with Crippen molar-refractivity contribution in [3.8, 4) is 0 Å². The molecule has 0 radical (unpaired) electrons. The van der Waals surface area contributed by atoms with Gasteiger partial charge in [-0.05, 0) is 31.9 Å². The van der Waals surface area contributed by atoms with Crippen LogP contribution in [0.1, 0.15) is 31.2 Å². The van der Waals surface area contributed by atoms with Crippen molar-refractivity contribution in [2.45, 2.75) is 43.5 Å². The maximum Gasteiger partial charge on any atom is 0.261 e. The number of nitrogens with zero attached hydrogens (tertiary/aromatic N) is 1. The molecular formula is C14H20N2O4S. The molecular weight excluding hydrogens is 292 g/mol. The maximum atomic E-state index is 12.7. The zero-order valence-electron chi connectivity index (χ0n) is 11.9. The molecule has 1 heterocycles. The van der Waals surface area contributed by atoms with Crippen LogP contribution in [0.15, 0.2) is 29.2 Å². The highest BCUT2D eigenvalue weighted by Crippen LogP contribution is 2.25. The van der Waals surface area contributed by atoms with Crippen LogP contribution >= 0.6 is 0 Å². The van der Waals surface area contributed by atoms with Crippen molar-refractivity contribution >= 4 is 15.9 Å². The second kappa shape index (κ2) is 6.55. The number of hydroxylamine groups is 1. The molecule has 0 aromatic heterocycles. The molecule has 0 bridgehead atoms. The number of nitrogens with one attached hydrogen (secondary N) is 1. The number of hydrogen-bond donors (Lipinski definition) is 2. The molecule has 0 aliphatic carbocycles. The minimum Gasteiger partial charge on any atom is -0.289 e. The molecule has 1 atom stereocenters. The summed E-state index contributed by atoms with van der Waals surface area (Å²) in [6.45, 7) is 2.17. The summed E-state index contributed by atoms with van der Waals surface area (Å²) in [7, 11) is -3.75. The Morgan fingerprint density at radius 3 is 2.52 bits per heavy atom. The first kappa shape index (κ1) is 15.9. The summed E-state index contributed by atoms with van der Waals surface area (Å²) in [4.78, 5) is 12.0. The number of hydrogen-bond acceptors (Lipinski definition) is 4. The van der Waals surface area contributed by atoms with E-state index in [1.807, 2.05) is 6.92 Å². The largest absolute Gasteiger partial charge is 0.289 e. The molecule has 2 rings (SSSR count). The van der Waals surface area contributed by atoms with Gasteiger partial charge in [0, 0.05) is 6.54 Å². The van der Waals surface area contributed by atoms with Crippen LogP contribution in [-0.2, 0) is 14.8 Å². The van der Waals surface area contributed by atoms with Crippen molar-refractivity contribution in [2.24, 2.45) is 0 Å². The normalized spacial score (nSPS) is 20.8. The van der Waals surface area contributed by atoms with Crippen LogP contribution in [-0.4, -0.2) is 36.4 Å². The Morgan fingerprint density at radius 1 is 1.24 bits per heavy atom. The lowest BCUT2D eigenvalue weighted by molar-refractivity contribution is -0.133. The van der Waals surface area contributed by atoms with E-state index in [1.54, 1.807) is 29.7 Å². The van der Waals surface area contributed by atoms with Crippen molar-refractivity contribution in [2.75, 3.05) is 6.54 Å². The van der Waals surface area contributed by atoms with Gasteiger partial charge in [0.25, 0.3) is 5.91 Å². The average Bonchev–Trinajstić information content (AvgIpc) is 2.73. The van der Waals surface area contributed by atoms with Crippen LogP contribution in [0.4, 0.5) is 0 Å². The van der Waals surface area contributed by atoms with Crippen LogP contribution in [0.3, 0.4) is 0 Å². The van der Waals surface area contributed by atoms with Gasteiger partial charge in [-0.25, -0.2) is 13.9 Å². The van der Waals surface area contributed by atoms with E-state index >= 15 is 0 Å². The highest BCUT2D eigenvalue weighted by atomic mass is 32.2. The zero-order valence-corrected chi connectivity index (χ0v) is 12.8. The first-order chi connectivity index (χ1) is 9.96. The predicted molar refractivity (Wildman–Crippen MR) is 77.3 cm³/mol. The number of carbonyl (C=O) groups is 1. The molecule has 1 fully saturated rings. The predicted octanol–water partition coefficient (Wildman–Crippen LogP) is 1.43. The van der Waals surface area contributed by atoms with Gasteiger partial charge in [-0.3, -0.25) is 10.0 Å². The van der Waals surface area contributed by atoms with E-state index in [1.165, 1.54) is 4.31 Å². The molecule has 2 N–H and O–H groups in total. The summed E-state index contributed by atoms with van der Waals surface area (Å²) < 4.78 is 26.7. The van der Waals surface area contributed by atoms with Gasteiger partial charge in [-0.15, -0.1) is 0 Å². The van der Waals surface area contributed by atoms with E-state index in [4.69, 9.17) is 5.21 Å². The van der Waals surface area contributed by atoms with Gasteiger partial charge >= 0.3 is 0 Å². The molecule has 1 aromatic carbocycles. The van der Waals surface area contributed by atoms with Crippen LogP contribution in [0.5, 0.6) is 0 Å². The molecule has 6 nitrogen and oxygen atoms in total. The number of rotatable bonds is 3. The minimum absolute atomic E-state index is 0.172. The van der Waals surface area contributed by atoms with Gasteiger partial charge < -0.3 is 0 Å². The number of aryl methyl sites for hydroxylation is 1. The van der Waals surface area contributed by atoms with Gasteiger partial charge in [-0.1, -0.05) is 30.5 Å². The van der Waals surface area contributed by atoms with Gasteiger partial charge in [-0.2, -0.15) is 4.31 Å². The fraction of sp³-hybridized carbons (Fsp3) is 0.500. The van der Waals surface area contributed by atoms with E-state index in [2.05, 4.69) is 0 Å². The lowest BCUT2D eigenvalue weighted by atomic mass is 10.1. The Balaban J connectivity index is 2.38. The Labute approximate surface area is 124 Å². The quantitative estimate of drug-likeness (QED) is 0.653. The topological polar surface area (TPSA) is 86.7 Å². The number of carbonyl (C=O) groups excluding carboxylic acids is 1. The summed E-state index contributed by atoms with van der Waals surface area (Å²) in [5.41, 5.74) is 2.55. The third kappa shape index (κ3) is 3.42. The van der Waals surface area contributed by atoms with E-state index in [0.717, 1.165) is 18.4 Å². The second-order valence-electron chi connectivity index (χ2n) is 5.27. The molecule has 1 aliphatic rings. The Morgan fingerprint density at radius 2 is 1.90 bits per heavy atom. The summed E-state index contributed by atoms with van der Waals surface area (Å²) in [5.74, 6) is -0.674. The first-order valence-corrected chi connectivity index (χ1v) is 8.43. The molecule has 116 valence electrons. The van der Waals surface area contributed by atoms with E-state index < -0.39 is 22.0 Å². The van der Waals surface area contributed by atoms with E-state index in [9.17, 15) is 13.2 Å². The molecule has 0 saturated carbocycles. The van der Waals surface area contributed by atoms with Gasteiger partial charge in [0.05, 0.1) is 4.90 Å². The summed E-state index contributed by atoms with van der Waals surface area (Å²) in [6.07, 6.45) is 2.75. The highest BCUT2D eigenvalue weighted by molar-refractivity contribution is 7.89. The second-order valence-corrected chi connectivity index (χ2v) is 7.16. The van der Waals surface area contributed by atoms with Crippen molar-refractivity contribution < 1.29 is 18.4 Å². The van der Waals surface area contributed by atoms with Crippen LogP contribution in [0.2, 0.25) is 0 Å². The zero-order chi connectivity index (χ0) is 15.5. The highest BCUT2D eigenvalue weighted by Gasteiger charge is 2.36. The van der Waals surface area contributed by atoms with Crippen LogP contribution in [0, 0.1) is 6.92 Å². The SMILES string of the molecule is Cc1ccc(S(=O)(=O)N2CCCCCC2C(=O)NO)cc1. The summed E-state index contributed by atoms with van der Waals surface area (Å²) in [5, 5.41) is 8.85. The smallest absolute Gasteiger partial charge is 0.261 e. The monoisotopic (exact) mass is 312 g/mol. The Hall–Kier alpha value is -1.44. The average molecular weight is 312 g/mol. The fourth-order valence-electron chi connectivity index (χ4n) is 2.55. The van der Waals surface area contributed by atoms with Gasteiger partial charge in [0.1, 0.15) is 6.04 Å². The van der Waals surface area contributed by atoms with Crippen molar-refractivity contribution in [1.82, 2.24) is 9.79 Å². The maximum absolute atomic E-state index is 12.7. The minimum atomic E-state index is -3.75. The summed E-state index contributed by atoms with van der Waals surface area (Å²) >= 11 is 0. The van der Waals surface area contributed by atoms with Crippen LogP contribution < -0.4 is 5.48 Å². The Kier molecular flexibility index (Phi) is 4.97. The molecule has 0 spiro atoms. The molecule has 1 amide bonds. The van der Waals surface area contributed by atoms with Crippen molar-refractivity contribution in [3.05, 3.63) is 29.8 Å². The van der Waals surface area contributed by atoms with Gasteiger partial charge in [0.15, 0.2) is 0 Å². The van der Waals surface area contributed by atoms with E-state index in [0.29, 0.717) is 12.8 Å². The molecule has 1 aliphatic heterocycles. The number of benzene rings is 1. The van der Waals surface area contributed by atoms with Crippen molar-refractivity contribution in [3.63, 3.8) is 0 Å². The first-order valence-electron chi connectivity index (χ1n) is 6.99. The third-order valence-electron chi connectivity index (χ3n) is 3.74. The lowest BCUT2D eigenvalue weighted by Gasteiger charge is -2.27. The standard InChI is InChI=1S/C14H20N2O4S/c1-11-6-8-12(9-7-11)21(19,20)16-10-4-2-3-5-13(16)14(17)15-18/h6-9,13,18H,2-5,10H2,1H3,(H,15,17). The lowest BCUT2D eigenvalue weighted by Crippen LogP contribution is -2.48. The van der Waals surface area contributed by atoms with Gasteiger partial charge in [0.2, 0.25) is 10.0 Å². The number of sulfonamides is 1. The number of amides is 1. The third-order valence-corrected chi connectivity index (χ3v) is 5.67. The van der Waals surface area contributed by atoms with E-state index in [-0.39, 0.29) is 11.4 Å². The molecule has 1 unspecified atom stereocenters. The molecule has 7 heteroatoms. The van der Waals surface area contributed by atoms with Crippen molar-refractivity contribution in [1.29, 1.82) is 0 Å². The fourth-order valence-corrected chi connectivity index (χ4v) is 4.21. The molecule has 1 saturated heterocycles. The Bertz CT molecular complexity index is 598. The summed E-state index contributed by atoms with van der Waals surface area (Å²) in [6, 6.07) is 5.69.